The zero-order valence-corrected chi connectivity index (χ0v) is 39.8. The van der Waals surface area contributed by atoms with Gasteiger partial charge in [0.05, 0.1) is 8.95 Å². The molecule has 300 valence electrons. The predicted molar refractivity (Wildman–Crippen MR) is 250 cm³/mol. The van der Waals surface area contributed by atoms with Gasteiger partial charge in [-0.25, -0.2) is 19.9 Å². The Labute approximate surface area is 363 Å². The maximum absolute atomic E-state index is 8.52. The number of hydrogen-bond donors (Lipinski definition) is 1. The summed E-state index contributed by atoms with van der Waals surface area (Å²) in [6.45, 7) is 14.5. The molecule has 0 unspecified atom stereocenters. The Kier molecular flexibility index (Phi) is 18.0. The summed E-state index contributed by atoms with van der Waals surface area (Å²) in [6.07, 6.45) is 10.2. The van der Waals surface area contributed by atoms with Crippen molar-refractivity contribution in [1.29, 1.82) is 0 Å². The Balaban J connectivity index is 0.000000211. The Hall–Kier alpha value is -3.36. The van der Waals surface area contributed by atoms with Crippen molar-refractivity contribution in [1.82, 2.24) is 19.9 Å². The molecule has 57 heavy (non-hydrogen) atoms. The normalized spacial score (nSPS) is 11.8. The number of aliphatic hydroxyl groups is 1. The summed E-state index contributed by atoms with van der Waals surface area (Å²) < 4.78 is 8.67. The standard InChI is InChI=1S/C23H27BrN2OSi.C16H19ClSi.C7H9BrN2O/c1-23(2,3)28(20-11-6-4-7-12-20,21-13-8-5-9-14-21)27-16-10-15-22-25-17-19(24)18-26-22;1-16(2,3)18(17,14-10-6-4-7-11-14)15-12-8-5-9-13-15;8-6-4-9-7(10-5-6)2-1-3-11/h4-9,11-14,17-18H,10,15-16H2,1-3H3;4-13H,1-3H3;4-5,11H,1-3H2. The molecule has 2 aromatic heterocycles. The van der Waals surface area contributed by atoms with Gasteiger partial charge >= 0.3 is 0 Å². The third-order valence-corrected chi connectivity index (χ3v) is 22.8. The van der Waals surface area contributed by atoms with Crippen LogP contribution in [0.5, 0.6) is 0 Å². The van der Waals surface area contributed by atoms with Crippen LogP contribution in [-0.2, 0) is 17.3 Å². The van der Waals surface area contributed by atoms with Crippen LogP contribution in [0.2, 0.25) is 10.1 Å². The molecule has 0 amide bonds. The van der Waals surface area contributed by atoms with Crippen LogP contribution in [0.15, 0.2) is 155 Å². The number of aromatic nitrogens is 4. The molecule has 1 N–H and O–H groups in total. The van der Waals surface area contributed by atoms with Crippen LogP contribution in [-0.4, -0.2) is 54.0 Å². The topological polar surface area (TPSA) is 81.0 Å². The predicted octanol–water partition coefficient (Wildman–Crippen LogP) is 9.70. The van der Waals surface area contributed by atoms with Crippen molar-refractivity contribution in [3.63, 3.8) is 0 Å². The van der Waals surface area contributed by atoms with E-state index in [-0.39, 0.29) is 16.7 Å². The Bertz CT molecular complexity index is 1940. The third kappa shape index (κ3) is 12.8. The lowest BCUT2D eigenvalue weighted by Crippen LogP contribution is -2.66. The number of rotatable bonds is 12. The van der Waals surface area contributed by atoms with Crippen molar-refractivity contribution in [3.05, 3.63) is 167 Å². The minimum absolute atomic E-state index is 0.00379. The summed E-state index contributed by atoms with van der Waals surface area (Å²) >= 11 is 13.8. The number of nitrogens with zero attached hydrogens (tertiary/aromatic N) is 4. The van der Waals surface area contributed by atoms with Crippen LogP contribution >= 0.6 is 42.9 Å². The molecule has 6 nitrogen and oxygen atoms in total. The second-order valence-electron chi connectivity index (χ2n) is 15.7. The highest BCUT2D eigenvalue weighted by Crippen LogP contribution is 2.39. The average Bonchev–Trinajstić information content (AvgIpc) is 3.22. The number of benzene rings is 4. The van der Waals surface area contributed by atoms with Gasteiger partial charge in [0.25, 0.3) is 8.32 Å². The fourth-order valence-corrected chi connectivity index (χ4v) is 15.9. The summed E-state index contributed by atoms with van der Waals surface area (Å²) in [5, 5.41) is 13.8. The van der Waals surface area contributed by atoms with Gasteiger partial charge < -0.3 is 9.53 Å². The highest BCUT2D eigenvalue weighted by molar-refractivity contribution is 9.10. The lowest BCUT2D eigenvalue weighted by molar-refractivity contribution is 0.287. The quantitative estimate of drug-likeness (QED) is 0.0749. The van der Waals surface area contributed by atoms with E-state index < -0.39 is 15.7 Å². The summed E-state index contributed by atoms with van der Waals surface area (Å²) in [5.74, 6) is 1.64. The van der Waals surface area contributed by atoms with Gasteiger partial charge in [-0.05, 0) is 75.5 Å². The maximum atomic E-state index is 8.52. The first kappa shape index (κ1) is 46.3. The van der Waals surface area contributed by atoms with E-state index in [1.165, 1.54) is 20.7 Å². The van der Waals surface area contributed by atoms with Gasteiger partial charge in [0, 0.05) is 50.8 Å². The molecule has 0 atom stereocenters. The summed E-state index contributed by atoms with van der Waals surface area (Å²) in [7, 11) is -4.68. The molecule has 0 fully saturated rings. The molecule has 11 heteroatoms. The highest BCUT2D eigenvalue weighted by Gasteiger charge is 2.50. The van der Waals surface area contributed by atoms with Crippen molar-refractivity contribution in [2.45, 2.75) is 77.3 Å². The molecule has 6 aromatic rings. The van der Waals surface area contributed by atoms with Crippen LogP contribution in [0.3, 0.4) is 0 Å². The van der Waals surface area contributed by atoms with Crippen LogP contribution in [0.4, 0.5) is 0 Å². The van der Waals surface area contributed by atoms with Crippen LogP contribution in [0, 0.1) is 0 Å². The van der Waals surface area contributed by atoms with Crippen molar-refractivity contribution in [2.75, 3.05) is 13.2 Å². The fraction of sp³-hybridized carbons (Fsp3) is 0.304. The molecule has 0 spiro atoms. The van der Waals surface area contributed by atoms with Crippen molar-refractivity contribution in [3.8, 4) is 0 Å². The zero-order valence-electron chi connectivity index (χ0n) is 33.9. The van der Waals surface area contributed by atoms with Crippen molar-refractivity contribution in [2.24, 2.45) is 0 Å². The van der Waals surface area contributed by atoms with E-state index >= 15 is 0 Å². The van der Waals surface area contributed by atoms with E-state index in [1.807, 2.05) is 12.1 Å². The first-order valence-corrected chi connectivity index (χ1v) is 25.8. The summed E-state index contributed by atoms with van der Waals surface area (Å²) in [6, 6.07) is 42.6. The Morgan fingerprint density at radius 3 is 1.18 bits per heavy atom. The van der Waals surface area contributed by atoms with Gasteiger partial charge in [0.2, 0.25) is 7.38 Å². The van der Waals surface area contributed by atoms with Crippen LogP contribution in [0.1, 0.15) is 66.0 Å². The molecule has 0 saturated carbocycles. The number of hydrogen-bond acceptors (Lipinski definition) is 6. The van der Waals surface area contributed by atoms with E-state index in [0.717, 1.165) is 46.3 Å². The molecule has 4 aromatic carbocycles. The smallest absolute Gasteiger partial charge is 0.261 e. The van der Waals surface area contributed by atoms with Crippen LogP contribution < -0.4 is 20.7 Å². The Morgan fingerprint density at radius 1 is 0.526 bits per heavy atom. The van der Waals surface area contributed by atoms with Gasteiger partial charge in [0.15, 0.2) is 0 Å². The fourth-order valence-electron chi connectivity index (χ4n) is 6.76. The largest absolute Gasteiger partial charge is 0.407 e. The zero-order chi connectivity index (χ0) is 41.4. The van der Waals surface area contributed by atoms with E-state index in [4.69, 9.17) is 20.6 Å². The van der Waals surface area contributed by atoms with Crippen LogP contribution in [0.25, 0.3) is 0 Å². The minimum atomic E-state index is -2.44. The molecule has 2 heterocycles. The molecular formula is C46H55Br2ClN4O2Si2. The lowest BCUT2D eigenvalue weighted by Gasteiger charge is -2.43. The molecule has 0 aliphatic rings. The first-order valence-electron chi connectivity index (χ1n) is 19.3. The van der Waals surface area contributed by atoms with E-state index in [2.05, 4.69) is 203 Å². The highest BCUT2D eigenvalue weighted by atomic mass is 79.9. The summed E-state index contributed by atoms with van der Waals surface area (Å²) in [5.41, 5.74) is 0. The first-order chi connectivity index (χ1) is 27.2. The maximum Gasteiger partial charge on any atom is 0.261 e. The van der Waals surface area contributed by atoms with Gasteiger partial charge in [-0.15, -0.1) is 0 Å². The Morgan fingerprint density at radius 2 is 0.860 bits per heavy atom. The molecular weight excluding hydrogens is 892 g/mol. The molecule has 0 radical (unpaired) electrons. The molecule has 0 bridgehead atoms. The molecule has 0 aliphatic carbocycles. The summed E-state index contributed by atoms with van der Waals surface area (Å²) in [4.78, 5) is 16.8. The monoisotopic (exact) mass is 944 g/mol. The van der Waals surface area contributed by atoms with Crippen molar-refractivity contribution < 1.29 is 9.53 Å². The second-order valence-corrected chi connectivity index (χ2v) is 27.5. The van der Waals surface area contributed by atoms with E-state index in [0.29, 0.717) is 6.61 Å². The number of aryl methyl sites for hydroxylation is 2. The minimum Gasteiger partial charge on any atom is -0.407 e. The second kappa shape index (κ2) is 22.1. The van der Waals surface area contributed by atoms with Gasteiger partial charge in [-0.1, -0.05) is 163 Å². The van der Waals surface area contributed by atoms with Crippen molar-refractivity contribution >= 4 is 79.4 Å². The average molecular weight is 947 g/mol. The molecule has 0 aliphatic heterocycles. The van der Waals surface area contributed by atoms with E-state index in [9.17, 15) is 0 Å². The lowest BCUT2D eigenvalue weighted by atomic mass is 10.2. The van der Waals surface area contributed by atoms with E-state index in [1.54, 1.807) is 24.8 Å². The molecule has 6 rings (SSSR count). The number of halogens is 3. The van der Waals surface area contributed by atoms with Gasteiger partial charge in [-0.3, -0.25) is 0 Å². The SMILES string of the molecule is CC(C)(C)[Si](Cl)(c1ccccc1)c1ccccc1.CC(C)(C)[Si](OCCCc1ncc(Br)cn1)(c1ccccc1)c1ccccc1.OCCCc1ncc(Br)cn1. The number of aliphatic hydroxyl groups excluding tert-OH is 1. The van der Waals surface area contributed by atoms with Gasteiger partial charge in [0.1, 0.15) is 11.6 Å². The third-order valence-electron chi connectivity index (χ3n) is 9.56. The van der Waals surface area contributed by atoms with Gasteiger partial charge in [-0.2, -0.15) is 11.1 Å². The molecule has 0 saturated heterocycles.